The summed E-state index contributed by atoms with van der Waals surface area (Å²) in [4.78, 5) is 11.3. The monoisotopic (exact) mass is 149 g/mol. The van der Waals surface area contributed by atoms with Crippen LogP contribution in [0.3, 0.4) is 0 Å². The normalized spacial score (nSPS) is 9.64. The maximum Gasteiger partial charge on any atom is 0.253 e. The Morgan fingerprint density at radius 2 is 2.27 bits per heavy atom. The van der Waals surface area contributed by atoms with Crippen LogP contribution in [0.15, 0.2) is 23.6 Å². The van der Waals surface area contributed by atoms with Crippen LogP contribution >= 0.6 is 0 Å². The number of rotatable bonds is 1. The molecule has 0 fully saturated rings. The molecule has 2 heteroatoms. The highest BCUT2D eigenvalue weighted by Crippen LogP contribution is 2.02. The third-order valence-corrected chi connectivity index (χ3v) is 1.77. The minimum Gasteiger partial charge on any atom is -0.318 e. The van der Waals surface area contributed by atoms with E-state index in [1.165, 1.54) is 0 Å². The molecular weight excluding hydrogens is 138 g/mol. The zero-order valence-corrected chi connectivity index (χ0v) is 6.79. The Labute approximate surface area is 65.8 Å². The van der Waals surface area contributed by atoms with E-state index in [0.717, 1.165) is 11.1 Å². The molecule has 58 valence electrons. The molecule has 1 heterocycles. The van der Waals surface area contributed by atoms with E-state index in [0.29, 0.717) is 0 Å². The predicted molar refractivity (Wildman–Crippen MR) is 46.5 cm³/mol. The summed E-state index contributed by atoms with van der Waals surface area (Å²) in [5, 5.41) is 0. The van der Waals surface area contributed by atoms with Crippen molar-refractivity contribution in [2.24, 2.45) is 7.05 Å². The molecule has 0 spiro atoms. The summed E-state index contributed by atoms with van der Waals surface area (Å²) in [6, 6.07) is 1.88. The van der Waals surface area contributed by atoms with Crippen molar-refractivity contribution in [3.63, 3.8) is 0 Å². The molecule has 0 unspecified atom stereocenters. The van der Waals surface area contributed by atoms with Gasteiger partial charge < -0.3 is 4.57 Å². The molecule has 1 rings (SSSR count). The SMILES string of the molecule is C=Cc1ccn(C)c(=O)c1C. The fourth-order valence-electron chi connectivity index (χ4n) is 0.994. The van der Waals surface area contributed by atoms with Gasteiger partial charge in [-0.3, -0.25) is 4.79 Å². The van der Waals surface area contributed by atoms with Crippen LogP contribution in [0.1, 0.15) is 11.1 Å². The largest absolute Gasteiger partial charge is 0.318 e. The molecule has 0 atom stereocenters. The van der Waals surface area contributed by atoms with Crippen molar-refractivity contribution >= 4 is 6.08 Å². The summed E-state index contributed by atoms with van der Waals surface area (Å²) < 4.78 is 1.56. The van der Waals surface area contributed by atoms with E-state index in [1.54, 1.807) is 30.8 Å². The molecule has 0 aliphatic heterocycles. The smallest absolute Gasteiger partial charge is 0.253 e. The van der Waals surface area contributed by atoms with Gasteiger partial charge in [0.1, 0.15) is 0 Å². The maximum absolute atomic E-state index is 11.3. The molecule has 0 saturated heterocycles. The summed E-state index contributed by atoms with van der Waals surface area (Å²) >= 11 is 0. The third-order valence-electron chi connectivity index (χ3n) is 1.77. The van der Waals surface area contributed by atoms with E-state index in [-0.39, 0.29) is 5.56 Å². The van der Waals surface area contributed by atoms with Crippen LogP contribution in [0.5, 0.6) is 0 Å². The van der Waals surface area contributed by atoms with Crippen molar-refractivity contribution < 1.29 is 0 Å². The van der Waals surface area contributed by atoms with E-state index in [9.17, 15) is 4.79 Å². The Morgan fingerprint density at radius 1 is 1.64 bits per heavy atom. The molecule has 0 radical (unpaired) electrons. The van der Waals surface area contributed by atoms with Gasteiger partial charge in [0.25, 0.3) is 5.56 Å². The highest BCUT2D eigenvalue weighted by atomic mass is 16.1. The first-order valence-electron chi connectivity index (χ1n) is 3.45. The Bertz CT molecular complexity index is 336. The van der Waals surface area contributed by atoms with Gasteiger partial charge in [-0.1, -0.05) is 12.7 Å². The molecule has 11 heavy (non-hydrogen) atoms. The van der Waals surface area contributed by atoms with Crippen molar-refractivity contribution in [3.05, 3.63) is 40.3 Å². The molecule has 0 aliphatic carbocycles. The third kappa shape index (κ3) is 1.24. The van der Waals surface area contributed by atoms with Crippen LogP contribution in [0, 0.1) is 6.92 Å². The average molecular weight is 149 g/mol. The van der Waals surface area contributed by atoms with Gasteiger partial charge in [-0.25, -0.2) is 0 Å². The second-order valence-corrected chi connectivity index (χ2v) is 2.52. The van der Waals surface area contributed by atoms with Crippen LogP contribution < -0.4 is 5.56 Å². The van der Waals surface area contributed by atoms with Gasteiger partial charge in [0.15, 0.2) is 0 Å². The summed E-state index contributed by atoms with van der Waals surface area (Å²) in [7, 11) is 1.74. The van der Waals surface area contributed by atoms with Gasteiger partial charge in [0.2, 0.25) is 0 Å². The number of nitrogens with zero attached hydrogens (tertiary/aromatic N) is 1. The van der Waals surface area contributed by atoms with E-state index in [4.69, 9.17) is 0 Å². The standard InChI is InChI=1S/C9H11NO/c1-4-8-5-6-10(3)9(11)7(8)2/h4-6H,1H2,2-3H3. The van der Waals surface area contributed by atoms with E-state index in [2.05, 4.69) is 6.58 Å². The molecule has 0 bridgehead atoms. The predicted octanol–water partition coefficient (Wildman–Crippen LogP) is 1.34. The molecule has 0 saturated carbocycles. The quantitative estimate of drug-likeness (QED) is 0.590. The van der Waals surface area contributed by atoms with Gasteiger partial charge in [-0.15, -0.1) is 0 Å². The first-order chi connectivity index (χ1) is 5.16. The minimum atomic E-state index is 0.0439. The summed E-state index contributed by atoms with van der Waals surface area (Å²) in [6.45, 7) is 5.42. The molecule has 0 aromatic carbocycles. The summed E-state index contributed by atoms with van der Waals surface area (Å²) in [6.07, 6.45) is 3.43. The fourth-order valence-corrected chi connectivity index (χ4v) is 0.994. The first-order valence-corrected chi connectivity index (χ1v) is 3.45. The lowest BCUT2D eigenvalue weighted by molar-refractivity contribution is 0.847. The Balaban J connectivity index is 3.49. The van der Waals surface area contributed by atoms with Gasteiger partial charge in [0, 0.05) is 18.8 Å². The van der Waals surface area contributed by atoms with Gasteiger partial charge in [0.05, 0.1) is 0 Å². The topological polar surface area (TPSA) is 22.0 Å². The highest BCUT2D eigenvalue weighted by molar-refractivity contribution is 5.49. The van der Waals surface area contributed by atoms with Crippen molar-refractivity contribution in [3.8, 4) is 0 Å². The van der Waals surface area contributed by atoms with Crippen LogP contribution in [-0.4, -0.2) is 4.57 Å². The lowest BCUT2D eigenvalue weighted by Gasteiger charge is -2.01. The number of hydrogen-bond donors (Lipinski definition) is 0. The van der Waals surface area contributed by atoms with Crippen molar-refractivity contribution in [1.82, 2.24) is 4.57 Å². The van der Waals surface area contributed by atoms with Gasteiger partial charge >= 0.3 is 0 Å². The van der Waals surface area contributed by atoms with E-state index in [1.807, 2.05) is 6.07 Å². The number of aryl methyl sites for hydroxylation is 1. The molecule has 0 amide bonds. The second-order valence-electron chi connectivity index (χ2n) is 2.52. The Morgan fingerprint density at radius 3 is 2.82 bits per heavy atom. The highest BCUT2D eigenvalue weighted by Gasteiger charge is 1.98. The van der Waals surface area contributed by atoms with Crippen LogP contribution in [0.25, 0.3) is 6.08 Å². The zero-order chi connectivity index (χ0) is 8.43. The average Bonchev–Trinajstić information content (AvgIpc) is 2.01. The van der Waals surface area contributed by atoms with Crippen molar-refractivity contribution in [2.45, 2.75) is 6.92 Å². The van der Waals surface area contributed by atoms with Crippen LogP contribution in [0.4, 0.5) is 0 Å². The Kier molecular flexibility index (Phi) is 1.94. The number of aromatic nitrogens is 1. The molecule has 1 aromatic heterocycles. The van der Waals surface area contributed by atoms with Crippen molar-refractivity contribution in [1.29, 1.82) is 0 Å². The molecule has 1 aromatic rings. The summed E-state index contributed by atoms with van der Waals surface area (Å²) in [5.41, 5.74) is 1.71. The maximum atomic E-state index is 11.3. The molecule has 0 aliphatic rings. The lowest BCUT2D eigenvalue weighted by Crippen LogP contribution is -2.18. The van der Waals surface area contributed by atoms with E-state index < -0.39 is 0 Å². The lowest BCUT2D eigenvalue weighted by atomic mass is 10.1. The van der Waals surface area contributed by atoms with Crippen LogP contribution in [-0.2, 0) is 7.05 Å². The Hall–Kier alpha value is -1.31. The van der Waals surface area contributed by atoms with E-state index >= 15 is 0 Å². The summed E-state index contributed by atoms with van der Waals surface area (Å²) in [5.74, 6) is 0. The fraction of sp³-hybridized carbons (Fsp3) is 0.222. The molecule has 2 nitrogen and oxygen atoms in total. The zero-order valence-electron chi connectivity index (χ0n) is 6.79. The van der Waals surface area contributed by atoms with Crippen LogP contribution in [0.2, 0.25) is 0 Å². The van der Waals surface area contributed by atoms with Crippen molar-refractivity contribution in [2.75, 3.05) is 0 Å². The number of hydrogen-bond acceptors (Lipinski definition) is 1. The minimum absolute atomic E-state index is 0.0439. The number of pyridine rings is 1. The van der Waals surface area contributed by atoms with Gasteiger partial charge in [-0.2, -0.15) is 0 Å². The second kappa shape index (κ2) is 2.74. The molecular formula is C9H11NO. The molecule has 0 N–H and O–H groups in total. The first kappa shape index (κ1) is 7.79. The van der Waals surface area contributed by atoms with Gasteiger partial charge in [-0.05, 0) is 18.6 Å².